The number of piperidine rings is 2. The van der Waals surface area contributed by atoms with E-state index in [4.69, 9.17) is 18.9 Å². The number of ether oxygens (including phenoxy) is 4. The predicted molar refractivity (Wildman–Crippen MR) is 130 cm³/mol. The number of nitrogens with zero attached hydrogens (tertiary/aromatic N) is 5. The van der Waals surface area contributed by atoms with Crippen LogP contribution in [-0.2, 0) is 14.2 Å². The van der Waals surface area contributed by atoms with Crippen LogP contribution in [0.4, 0.5) is 0 Å². The molecule has 35 heavy (non-hydrogen) atoms. The first-order valence-electron chi connectivity index (χ1n) is 11.6. The van der Waals surface area contributed by atoms with E-state index in [1.165, 1.54) is 11.3 Å². The number of hydrogen-bond donors (Lipinski definition) is 1. The largest absolute Gasteiger partial charge is 0.507 e. The average Bonchev–Trinajstić information content (AvgIpc) is 3.49. The van der Waals surface area contributed by atoms with Crippen LogP contribution in [0.2, 0.25) is 0 Å². The highest BCUT2D eigenvalue weighted by Crippen LogP contribution is 2.40. The van der Waals surface area contributed by atoms with E-state index < -0.39 is 0 Å². The lowest BCUT2D eigenvalue weighted by molar-refractivity contribution is -0.208. The Morgan fingerprint density at radius 1 is 0.971 bits per heavy atom. The van der Waals surface area contributed by atoms with E-state index in [0.29, 0.717) is 15.8 Å². The maximum absolute atomic E-state index is 10.7. The lowest BCUT2D eigenvalue weighted by Crippen LogP contribution is -2.70. The van der Waals surface area contributed by atoms with Gasteiger partial charge in [0.05, 0.1) is 16.9 Å². The minimum absolute atomic E-state index is 0.0610. The van der Waals surface area contributed by atoms with Crippen LogP contribution < -0.4 is 4.74 Å². The molecule has 1 N–H and O–H groups in total. The summed E-state index contributed by atoms with van der Waals surface area (Å²) in [6.45, 7) is 1.92. The normalized spacial score (nSPS) is 28.8. The van der Waals surface area contributed by atoms with Gasteiger partial charge in [-0.2, -0.15) is 5.10 Å². The molecule has 2 aliphatic heterocycles. The molecule has 4 heterocycles. The molecule has 2 bridgehead atoms. The average molecular weight is 502 g/mol. The molecule has 0 radical (unpaired) electrons. The quantitative estimate of drug-likeness (QED) is 0.523. The Morgan fingerprint density at radius 2 is 1.66 bits per heavy atom. The maximum Gasteiger partial charge on any atom is 0.294 e. The minimum atomic E-state index is -0.137. The molecular formula is C24H31N5O5S. The number of hydrogen-bond acceptors (Lipinski definition) is 10. The smallest absolute Gasteiger partial charge is 0.294 e. The molecule has 0 saturated carbocycles. The molecule has 10 nitrogen and oxygen atoms in total. The maximum atomic E-state index is 10.7. The number of phenolic OH excluding ortho intramolecular Hbond substituents is 1. The third-order valence-electron chi connectivity index (χ3n) is 7.15. The van der Waals surface area contributed by atoms with Crippen LogP contribution in [0.3, 0.4) is 0 Å². The number of phenols is 1. The van der Waals surface area contributed by atoms with Crippen LogP contribution >= 0.6 is 11.3 Å². The number of aromatic nitrogens is 4. The SMILES string of the molecule is COC1C(OC)C2CC(Oc3nnc(-c4ccc(-n5ccc(C)n5)cc4O)s3)CC(C1OC)N2C. The molecule has 5 rings (SSSR count). The van der Waals surface area contributed by atoms with Gasteiger partial charge in [-0.1, -0.05) is 16.4 Å². The monoisotopic (exact) mass is 501 g/mol. The molecule has 1 aromatic carbocycles. The molecule has 0 amide bonds. The highest BCUT2D eigenvalue weighted by atomic mass is 32.1. The summed E-state index contributed by atoms with van der Waals surface area (Å²) in [5, 5.41) is 24.6. The summed E-state index contributed by atoms with van der Waals surface area (Å²) in [4.78, 5) is 2.32. The van der Waals surface area contributed by atoms with Gasteiger partial charge in [0.2, 0.25) is 0 Å². The van der Waals surface area contributed by atoms with Crippen LogP contribution in [0.25, 0.3) is 16.3 Å². The van der Waals surface area contributed by atoms with Crippen molar-refractivity contribution < 1.29 is 24.1 Å². The summed E-state index contributed by atoms with van der Waals surface area (Å²) >= 11 is 1.32. The highest BCUT2D eigenvalue weighted by molar-refractivity contribution is 7.16. The van der Waals surface area contributed by atoms with Crippen molar-refractivity contribution in [1.82, 2.24) is 24.9 Å². The molecule has 188 valence electrons. The second-order valence-corrected chi connectivity index (χ2v) is 10.0. The van der Waals surface area contributed by atoms with Crippen LogP contribution in [0.1, 0.15) is 18.5 Å². The molecule has 2 fully saturated rings. The lowest BCUT2D eigenvalue weighted by atomic mass is 9.78. The summed E-state index contributed by atoms with van der Waals surface area (Å²) in [5.41, 5.74) is 2.28. The topological polar surface area (TPSA) is 104 Å². The number of benzene rings is 1. The van der Waals surface area contributed by atoms with E-state index in [2.05, 4.69) is 27.2 Å². The second kappa shape index (κ2) is 9.82. The van der Waals surface area contributed by atoms with Gasteiger partial charge in [0.15, 0.2) is 5.01 Å². The van der Waals surface area contributed by atoms with Crippen molar-refractivity contribution in [2.75, 3.05) is 28.4 Å². The molecule has 2 saturated heterocycles. The van der Waals surface area contributed by atoms with Crippen LogP contribution in [0, 0.1) is 6.92 Å². The first kappa shape index (κ1) is 24.1. The van der Waals surface area contributed by atoms with Gasteiger partial charge in [-0.3, -0.25) is 4.90 Å². The Bertz CT molecular complexity index is 1150. The van der Waals surface area contributed by atoms with Gasteiger partial charge in [0.25, 0.3) is 5.19 Å². The number of methoxy groups -OCH3 is 3. The van der Waals surface area contributed by atoms with E-state index >= 15 is 0 Å². The highest BCUT2D eigenvalue weighted by Gasteiger charge is 2.53. The summed E-state index contributed by atoms with van der Waals surface area (Å²) in [6.07, 6.45) is 2.96. The summed E-state index contributed by atoms with van der Waals surface area (Å²) in [5.74, 6) is 0.114. The fraction of sp³-hybridized carbons (Fsp3) is 0.542. The third-order valence-corrected chi connectivity index (χ3v) is 8.00. The van der Waals surface area contributed by atoms with Crippen molar-refractivity contribution in [3.63, 3.8) is 0 Å². The molecule has 0 spiro atoms. The Morgan fingerprint density at radius 3 is 2.23 bits per heavy atom. The molecule has 4 atom stereocenters. The molecule has 4 unspecified atom stereocenters. The van der Waals surface area contributed by atoms with Gasteiger partial charge < -0.3 is 24.1 Å². The van der Waals surface area contributed by atoms with Crippen molar-refractivity contribution in [1.29, 1.82) is 0 Å². The first-order chi connectivity index (χ1) is 16.9. The van der Waals surface area contributed by atoms with Crippen molar-refractivity contribution in [3.05, 3.63) is 36.2 Å². The number of fused-ring (bicyclic) bond motifs is 2. The van der Waals surface area contributed by atoms with Crippen molar-refractivity contribution >= 4 is 11.3 Å². The zero-order valence-electron chi connectivity index (χ0n) is 20.5. The fourth-order valence-corrected chi connectivity index (χ4v) is 6.22. The summed E-state index contributed by atoms with van der Waals surface area (Å²) in [7, 11) is 7.24. The van der Waals surface area contributed by atoms with E-state index in [1.807, 2.05) is 31.3 Å². The van der Waals surface area contributed by atoms with Gasteiger partial charge in [-0.05, 0) is 32.2 Å². The predicted octanol–water partition coefficient (Wildman–Crippen LogP) is 2.67. The first-order valence-corrected chi connectivity index (χ1v) is 12.4. The van der Waals surface area contributed by atoms with Crippen molar-refractivity contribution in [2.45, 2.75) is 56.3 Å². The molecular weight excluding hydrogens is 470 g/mol. The van der Waals surface area contributed by atoms with E-state index in [9.17, 15) is 5.11 Å². The van der Waals surface area contributed by atoms with Crippen LogP contribution in [-0.4, -0.2) is 94.9 Å². The lowest BCUT2D eigenvalue weighted by Gasteiger charge is -2.55. The van der Waals surface area contributed by atoms with Crippen molar-refractivity contribution in [2.24, 2.45) is 0 Å². The number of rotatable bonds is 7. The zero-order valence-corrected chi connectivity index (χ0v) is 21.3. The number of likely N-dealkylation sites (N-methyl/N-ethyl adjacent to an activating group) is 1. The van der Waals surface area contributed by atoms with Gasteiger partial charge in [-0.25, -0.2) is 4.68 Å². The van der Waals surface area contributed by atoms with E-state index in [1.54, 1.807) is 32.1 Å². The van der Waals surface area contributed by atoms with Crippen LogP contribution in [0.5, 0.6) is 10.9 Å². The van der Waals surface area contributed by atoms with Gasteiger partial charge in [0.1, 0.15) is 30.2 Å². The Labute approximate surface area is 208 Å². The second-order valence-electron chi connectivity index (χ2n) is 9.09. The van der Waals surface area contributed by atoms with E-state index in [0.717, 1.165) is 24.2 Å². The van der Waals surface area contributed by atoms with Gasteiger partial charge in [0, 0.05) is 58.5 Å². The molecule has 2 aliphatic rings. The molecule has 0 aliphatic carbocycles. The van der Waals surface area contributed by atoms with Gasteiger partial charge in [-0.15, -0.1) is 5.10 Å². The molecule has 3 aromatic rings. The van der Waals surface area contributed by atoms with Gasteiger partial charge >= 0.3 is 0 Å². The molecule has 2 aromatic heterocycles. The number of aryl methyl sites for hydroxylation is 1. The van der Waals surface area contributed by atoms with E-state index in [-0.39, 0.29) is 42.2 Å². The number of aromatic hydroxyl groups is 1. The van der Waals surface area contributed by atoms with Crippen LogP contribution in [0.15, 0.2) is 30.5 Å². The standard InChI is InChI=1S/C24H31N5O5S/c1-13-8-9-29(27-13)14-6-7-16(19(30)10-14)23-25-26-24(35-23)34-15-11-17-20(31-3)22(33-5)21(32-4)18(12-15)28(17)2/h6-10,15,17-18,20-22,30H,11-12H2,1-5H3. The Hall–Kier alpha value is -2.57. The van der Waals surface area contributed by atoms with Crippen molar-refractivity contribution in [3.8, 4) is 27.2 Å². The molecule has 11 heteroatoms. The fourth-order valence-electron chi connectivity index (χ4n) is 5.43. The Balaban J connectivity index is 1.32. The summed E-state index contributed by atoms with van der Waals surface area (Å²) < 4.78 is 25.5. The zero-order chi connectivity index (χ0) is 24.7. The summed E-state index contributed by atoms with van der Waals surface area (Å²) in [6, 6.07) is 7.57. The third kappa shape index (κ3) is 4.43. The minimum Gasteiger partial charge on any atom is -0.507 e. The Kier molecular flexibility index (Phi) is 6.78.